The average Bonchev–Trinajstić information content (AvgIpc) is 2.20. The Balaban J connectivity index is 2.91. The summed E-state index contributed by atoms with van der Waals surface area (Å²) in [6.45, 7) is 4.11. The lowest BCUT2D eigenvalue weighted by Crippen LogP contribution is -2.29. The Morgan fingerprint density at radius 3 is 2.79 bits per heavy atom. The zero-order valence-corrected chi connectivity index (χ0v) is 8.66. The predicted octanol–water partition coefficient (Wildman–Crippen LogP) is 1.43. The Morgan fingerprint density at radius 2 is 2.29 bits per heavy atom. The van der Waals surface area contributed by atoms with Crippen molar-refractivity contribution in [1.82, 2.24) is 9.97 Å². The molecule has 0 saturated carbocycles. The van der Waals surface area contributed by atoms with Crippen molar-refractivity contribution in [1.29, 1.82) is 0 Å². The SMILES string of the molecule is CCC(C)N(C)c1ncc(F)c(N)n1. The Hall–Kier alpha value is -1.39. The van der Waals surface area contributed by atoms with E-state index < -0.39 is 5.82 Å². The van der Waals surface area contributed by atoms with Crippen molar-refractivity contribution in [3.63, 3.8) is 0 Å². The molecule has 0 aliphatic rings. The van der Waals surface area contributed by atoms with E-state index in [9.17, 15) is 4.39 Å². The third-order valence-corrected chi connectivity index (χ3v) is 2.33. The molecule has 0 fully saturated rings. The fourth-order valence-corrected chi connectivity index (χ4v) is 1.01. The largest absolute Gasteiger partial charge is 0.381 e. The molecule has 0 aliphatic heterocycles. The molecule has 4 nitrogen and oxygen atoms in total. The lowest BCUT2D eigenvalue weighted by Gasteiger charge is -2.23. The molecule has 0 radical (unpaired) electrons. The van der Waals surface area contributed by atoms with E-state index in [0.29, 0.717) is 12.0 Å². The van der Waals surface area contributed by atoms with Crippen LogP contribution in [0, 0.1) is 5.82 Å². The molecular formula is C9H15FN4. The zero-order valence-electron chi connectivity index (χ0n) is 8.66. The van der Waals surface area contributed by atoms with E-state index in [1.54, 1.807) is 0 Å². The number of nitrogen functional groups attached to an aromatic ring is 1. The van der Waals surface area contributed by atoms with Gasteiger partial charge in [0.2, 0.25) is 5.95 Å². The third-order valence-electron chi connectivity index (χ3n) is 2.33. The van der Waals surface area contributed by atoms with Crippen molar-refractivity contribution in [2.75, 3.05) is 17.7 Å². The van der Waals surface area contributed by atoms with Crippen LogP contribution in [0.2, 0.25) is 0 Å². The molecule has 0 spiro atoms. The van der Waals surface area contributed by atoms with Crippen LogP contribution in [0.25, 0.3) is 0 Å². The molecule has 1 atom stereocenters. The Bertz CT molecular complexity index is 316. The van der Waals surface area contributed by atoms with E-state index in [4.69, 9.17) is 5.73 Å². The molecule has 0 bridgehead atoms. The third kappa shape index (κ3) is 2.10. The first-order valence-electron chi connectivity index (χ1n) is 4.57. The van der Waals surface area contributed by atoms with Crippen LogP contribution in [-0.2, 0) is 0 Å². The molecule has 1 aromatic rings. The lowest BCUT2D eigenvalue weighted by molar-refractivity contribution is 0.609. The molecule has 78 valence electrons. The van der Waals surface area contributed by atoms with Gasteiger partial charge in [-0.25, -0.2) is 9.37 Å². The van der Waals surface area contributed by atoms with Gasteiger partial charge in [-0.15, -0.1) is 0 Å². The van der Waals surface area contributed by atoms with Crippen molar-refractivity contribution >= 4 is 11.8 Å². The predicted molar refractivity (Wildman–Crippen MR) is 54.6 cm³/mol. The fourth-order valence-electron chi connectivity index (χ4n) is 1.01. The first-order valence-corrected chi connectivity index (χ1v) is 4.57. The van der Waals surface area contributed by atoms with Gasteiger partial charge in [0.25, 0.3) is 0 Å². The second kappa shape index (κ2) is 4.21. The highest BCUT2D eigenvalue weighted by molar-refractivity contribution is 5.38. The van der Waals surface area contributed by atoms with Crippen LogP contribution in [-0.4, -0.2) is 23.1 Å². The maximum absolute atomic E-state index is 12.8. The summed E-state index contributed by atoms with van der Waals surface area (Å²) in [7, 11) is 1.86. The van der Waals surface area contributed by atoms with Crippen LogP contribution in [0.15, 0.2) is 6.20 Å². The number of rotatable bonds is 3. The zero-order chi connectivity index (χ0) is 10.7. The van der Waals surface area contributed by atoms with Gasteiger partial charge in [0.1, 0.15) is 0 Å². The smallest absolute Gasteiger partial charge is 0.227 e. The summed E-state index contributed by atoms with van der Waals surface area (Å²) in [5.74, 6) is -0.227. The number of halogens is 1. The highest BCUT2D eigenvalue weighted by atomic mass is 19.1. The molecule has 0 amide bonds. The van der Waals surface area contributed by atoms with Gasteiger partial charge in [-0.05, 0) is 13.3 Å². The van der Waals surface area contributed by atoms with Crippen molar-refractivity contribution < 1.29 is 4.39 Å². The van der Waals surface area contributed by atoms with Gasteiger partial charge in [0.15, 0.2) is 11.6 Å². The van der Waals surface area contributed by atoms with E-state index >= 15 is 0 Å². The maximum atomic E-state index is 12.8. The van der Waals surface area contributed by atoms with Crippen LogP contribution in [0.4, 0.5) is 16.2 Å². The van der Waals surface area contributed by atoms with Gasteiger partial charge < -0.3 is 10.6 Å². The number of anilines is 2. The molecule has 1 heterocycles. The van der Waals surface area contributed by atoms with E-state index in [-0.39, 0.29) is 5.82 Å². The monoisotopic (exact) mass is 198 g/mol. The molecule has 5 heteroatoms. The lowest BCUT2D eigenvalue weighted by atomic mass is 10.2. The minimum Gasteiger partial charge on any atom is -0.381 e. The highest BCUT2D eigenvalue weighted by Crippen LogP contribution is 2.13. The summed E-state index contributed by atoms with van der Waals surface area (Å²) in [6.07, 6.45) is 2.06. The minimum absolute atomic E-state index is 0.106. The summed E-state index contributed by atoms with van der Waals surface area (Å²) >= 11 is 0. The Labute approximate surface area is 83.0 Å². The molecule has 0 saturated heterocycles. The first-order chi connectivity index (χ1) is 6.56. The summed E-state index contributed by atoms with van der Waals surface area (Å²) in [5.41, 5.74) is 5.35. The van der Waals surface area contributed by atoms with Crippen molar-refractivity contribution in [2.45, 2.75) is 26.3 Å². The summed E-state index contributed by atoms with van der Waals surface area (Å²) in [6, 6.07) is 0.305. The Kier molecular flexibility index (Phi) is 3.22. The van der Waals surface area contributed by atoms with Crippen LogP contribution < -0.4 is 10.6 Å². The minimum atomic E-state index is -0.577. The van der Waals surface area contributed by atoms with Crippen LogP contribution in [0.1, 0.15) is 20.3 Å². The fraction of sp³-hybridized carbons (Fsp3) is 0.556. The topological polar surface area (TPSA) is 55.0 Å². The standard InChI is InChI=1S/C9H15FN4/c1-4-6(2)14(3)9-12-5-7(10)8(11)13-9/h5-6H,4H2,1-3H3,(H2,11,12,13). The maximum Gasteiger partial charge on any atom is 0.227 e. The quantitative estimate of drug-likeness (QED) is 0.798. The Morgan fingerprint density at radius 1 is 1.64 bits per heavy atom. The van der Waals surface area contributed by atoms with E-state index in [0.717, 1.165) is 12.6 Å². The molecular weight excluding hydrogens is 183 g/mol. The summed E-state index contributed by atoms with van der Waals surface area (Å²) < 4.78 is 12.8. The number of hydrogen-bond donors (Lipinski definition) is 1. The van der Waals surface area contributed by atoms with Crippen LogP contribution >= 0.6 is 0 Å². The molecule has 0 aliphatic carbocycles. The van der Waals surface area contributed by atoms with Crippen LogP contribution in [0.3, 0.4) is 0 Å². The number of nitrogens with two attached hydrogens (primary N) is 1. The number of aromatic nitrogens is 2. The molecule has 2 N–H and O–H groups in total. The van der Waals surface area contributed by atoms with Gasteiger partial charge in [-0.2, -0.15) is 4.98 Å². The molecule has 14 heavy (non-hydrogen) atoms. The average molecular weight is 198 g/mol. The second-order valence-electron chi connectivity index (χ2n) is 3.27. The number of hydrogen-bond acceptors (Lipinski definition) is 4. The summed E-state index contributed by atoms with van der Waals surface area (Å²) in [4.78, 5) is 9.60. The molecule has 1 aromatic heterocycles. The van der Waals surface area contributed by atoms with Crippen molar-refractivity contribution in [3.05, 3.63) is 12.0 Å². The van der Waals surface area contributed by atoms with Crippen molar-refractivity contribution in [3.8, 4) is 0 Å². The van der Waals surface area contributed by atoms with Gasteiger partial charge in [0, 0.05) is 13.1 Å². The van der Waals surface area contributed by atoms with E-state index in [1.807, 2.05) is 18.9 Å². The van der Waals surface area contributed by atoms with Gasteiger partial charge in [-0.3, -0.25) is 0 Å². The first kappa shape index (κ1) is 10.7. The van der Waals surface area contributed by atoms with E-state index in [2.05, 4.69) is 16.9 Å². The molecule has 0 aromatic carbocycles. The second-order valence-corrected chi connectivity index (χ2v) is 3.27. The molecule has 1 unspecified atom stereocenters. The normalized spacial score (nSPS) is 12.6. The highest BCUT2D eigenvalue weighted by Gasteiger charge is 2.12. The number of nitrogens with zero attached hydrogens (tertiary/aromatic N) is 3. The van der Waals surface area contributed by atoms with Crippen molar-refractivity contribution in [2.24, 2.45) is 0 Å². The summed E-state index contributed by atoms with van der Waals surface area (Å²) in [5, 5.41) is 0. The van der Waals surface area contributed by atoms with Gasteiger partial charge >= 0.3 is 0 Å². The molecule has 1 rings (SSSR count). The van der Waals surface area contributed by atoms with Gasteiger partial charge in [-0.1, -0.05) is 6.92 Å². The van der Waals surface area contributed by atoms with E-state index in [1.165, 1.54) is 0 Å². The van der Waals surface area contributed by atoms with Crippen LogP contribution in [0.5, 0.6) is 0 Å². The van der Waals surface area contributed by atoms with Gasteiger partial charge in [0.05, 0.1) is 6.20 Å².